The number of methoxy groups -OCH3 is 1. The number of imidazole rings is 1. The van der Waals surface area contributed by atoms with Crippen LogP contribution in [0.4, 0.5) is 24.5 Å². The van der Waals surface area contributed by atoms with E-state index < -0.39 is 17.7 Å². The van der Waals surface area contributed by atoms with E-state index in [4.69, 9.17) is 14.7 Å². The molecule has 1 aromatic carbocycles. The van der Waals surface area contributed by atoms with Crippen LogP contribution in [0.2, 0.25) is 0 Å². The molecule has 1 saturated carbocycles. The molecule has 0 spiro atoms. The number of aromatic amines is 1. The average molecular weight is 688 g/mol. The van der Waals surface area contributed by atoms with Crippen molar-refractivity contribution in [3.63, 3.8) is 0 Å². The number of hydrogen-bond acceptors (Lipinski definition) is 9. The minimum Gasteiger partial charge on any atom is -0.550 e. The van der Waals surface area contributed by atoms with Crippen LogP contribution in [0.15, 0.2) is 42.6 Å². The Morgan fingerprint density at radius 1 is 1.06 bits per heavy atom. The summed E-state index contributed by atoms with van der Waals surface area (Å²) < 4.78 is 47.9. The summed E-state index contributed by atoms with van der Waals surface area (Å²) >= 11 is 0. The van der Waals surface area contributed by atoms with Gasteiger partial charge >= 0.3 is 35.7 Å². The zero-order valence-electron chi connectivity index (χ0n) is 28.7. The first-order valence-electron chi connectivity index (χ1n) is 16.3. The molecule has 6 rings (SSSR count). The number of hydrogen-bond donors (Lipinski definition) is 1. The molecule has 0 unspecified atom stereocenters. The molecule has 4 heterocycles. The van der Waals surface area contributed by atoms with Gasteiger partial charge in [-0.15, -0.1) is 0 Å². The molecule has 1 aliphatic carbocycles. The number of carboxylic acids is 1. The second-order valence-corrected chi connectivity index (χ2v) is 13.7. The summed E-state index contributed by atoms with van der Waals surface area (Å²) in [5.41, 5.74) is 3.56. The van der Waals surface area contributed by atoms with Gasteiger partial charge in [0.05, 0.1) is 29.2 Å². The van der Waals surface area contributed by atoms with Crippen LogP contribution in [0.3, 0.4) is 0 Å². The zero-order valence-corrected chi connectivity index (χ0v) is 30.7. The molecule has 0 atom stereocenters. The number of H-pyrrole nitrogens is 1. The summed E-state index contributed by atoms with van der Waals surface area (Å²) in [6.45, 7) is 8.91. The second kappa shape index (κ2) is 14.9. The van der Waals surface area contributed by atoms with Crippen molar-refractivity contribution in [3.05, 3.63) is 53.9 Å². The maximum atomic E-state index is 14.1. The standard InChI is InChI=1S/C35H42F3N7O3.Na/c1-34(2,21-48-4)20-43(3)28-18-27(24-17-26(35(36,37)38)30(39-19-24)22-5-6-22)40-33-31(28)41-32(42-33)23-7-9-25(10-8-23)45-15-13-44(14-16-45)12-11-29(46)47;/h7-10,17-19,22H,5-6,11-16,20-21H2,1-4H3,(H,46,47)(H,40,41,42);/q;+1/p-1. The van der Waals surface area contributed by atoms with Gasteiger partial charge in [0, 0.05) is 93.7 Å². The van der Waals surface area contributed by atoms with E-state index in [9.17, 15) is 23.1 Å². The van der Waals surface area contributed by atoms with Gasteiger partial charge in [-0.2, -0.15) is 13.2 Å². The molecule has 0 radical (unpaired) electrons. The smallest absolute Gasteiger partial charge is 0.550 e. The van der Waals surface area contributed by atoms with Gasteiger partial charge in [-0.25, -0.2) is 9.97 Å². The summed E-state index contributed by atoms with van der Waals surface area (Å²) in [7, 11) is 3.60. The van der Waals surface area contributed by atoms with Crippen LogP contribution >= 0.6 is 0 Å². The number of rotatable bonds is 12. The number of piperazine rings is 1. The Hall–Kier alpha value is -3.23. The molecule has 0 bridgehead atoms. The predicted molar refractivity (Wildman–Crippen MR) is 177 cm³/mol. The number of alkyl halides is 3. The number of nitrogens with one attached hydrogen (secondary N) is 1. The Labute approximate surface area is 306 Å². The van der Waals surface area contributed by atoms with Crippen molar-refractivity contribution >= 4 is 28.5 Å². The molecule has 2 fully saturated rings. The Bertz CT molecular complexity index is 1770. The van der Waals surface area contributed by atoms with E-state index in [-0.39, 0.29) is 58.6 Å². The third kappa shape index (κ3) is 8.75. The number of anilines is 2. The predicted octanol–water partition coefficient (Wildman–Crippen LogP) is 1.96. The van der Waals surface area contributed by atoms with Gasteiger partial charge < -0.3 is 29.4 Å². The molecule has 1 saturated heterocycles. The quantitative estimate of drug-likeness (QED) is 0.224. The van der Waals surface area contributed by atoms with Gasteiger partial charge in [-0.3, -0.25) is 9.88 Å². The number of ether oxygens (including phenoxy) is 1. The molecule has 10 nitrogen and oxygen atoms in total. The Kier molecular flexibility index (Phi) is 11.3. The van der Waals surface area contributed by atoms with Gasteiger partial charge in [0.25, 0.3) is 0 Å². The molecule has 14 heteroatoms. The summed E-state index contributed by atoms with van der Waals surface area (Å²) in [5.74, 6) is -0.589. The van der Waals surface area contributed by atoms with Crippen molar-refractivity contribution in [2.75, 3.05) is 69.8 Å². The summed E-state index contributed by atoms with van der Waals surface area (Å²) in [6, 6.07) is 11.0. The molecule has 0 amide bonds. The number of fused-ring (bicyclic) bond motifs is 1. The van der Waals surface area contributed by atoms with E-state index in [0.717, 1.165) is 43.1 Å². The first-order chi connectivity index (χ1) is 22.8. The van der Waals surface area contributed by atoms with E-state index in [2.05, 4.69) is 38.5 Å². The fourth-order valence-corrected chi connectivity index (χ4v) is 6.55. The fraction of sp³-hybridized carbons (Fsp3) is 0.486. The monoisotopic (exact) mass is 687 g/mol. The normalized spacial score (nSPS) is 15.8. The van der Waals surface area contributed by atoms with Crippen molar-refractivity contribution < 1.29 is 57.4 Å². The molecule has 1 aliphatic heterocycles. The van der Waals surface area contributed by atoms with Crippen molar-refractivity contribution in [2.45, 2.75) is 45.2 Å². The number of aliphatic carboxylic acids is 1. The summed E-state index contributed by atoms with van der Waals surface area (Å²) in [5, 5.41) is 10.8. The van der Waals surface area contributed by atoms with Crippen LogP contribution in [-0.2, 0) is 15.7 Å². The van der Waals surface area contributed by atoms with Gasteiger partial charge in [0.15, 0.2) is 5.65 Å². The summed E-state index contributed by atoms with van der Waals surface area (Å²) in [6.07, 6.45) is -1.57. The van der Waals surface area contributed by atoms with E-state index >= 15 is 0 Å². The number of carboxylic acid groups (broad SMARTS) is 1. The Morgan fingerprint density at radius 3 is 2.37 bits per heavy atom. The number of benzene rings is 1. The molecule has 256 valence electrons. The number of halogens is 3. The minimum atomic E-state index is -4.52. The second-order valence-electron chi connectivity index (χ2n) is 13.7. The van der Waals surface area contributed by atoms with Crippen LogP contribution in [0.1, 0.15) is 50.3 Å². The van der Waals surface area contributed by atoms with Crippen molar-refractivity contribution in [1.82, 2.24) is 24.8 Å². The third-order valence-electron chi connectivity index (χ3n) is 9.05. The first kappa shape index (κ1) is 37.0. The van der Waals surface area contributed by atoms with Crippen LogP contribution < -0.4 is 44.5 Å². The molecule has 49 heavy (non-hydrogen) atoms. The maximum absolute atomic E-state index is 14.1. The average Bonchev–Trinajstić information content (AvgIpc) is 3.80. The molecule has 3 aromatic heterocycles. The first-order valence-corrected chi connectivity index (χ1v) is 16.3. The fourth-order valence-electron chi connectivity index (χ4n) is 6.55. The number of carbonyl (C=O) groups is 1. The van der Waals surface area contributed by atoms with Crippen LogP contribution in [0.5, 0.6) is 0 Å². The molecular formula is C35H41F3N7NaO3. The van der Waals surface area contributed by atoms with Crippen molar-refractivity contribution in [3.8, 4) is 22.6 Å². The van der Waals surface area contributed by atoms with Gasteiger partial charge in [-0.1, -0.05) is 13.8 Å². The molecule has 1 N–H and O–H groups in total. The van der Waals surface area contributed by atoms with Crippen LogP contribution in [0, 0.1) is 5.41 Å². The van der Waals surface area contributed by atoms with Crippen LogP contribution in [0.25, 0.3) is 33.8 Å². The van der Waals surface area contributed by atoms with E-state index in [1.165, 1.54) is 12.3 Å². The maximum Gasteiger partial charge on any atom is 1.00 e. The number of pyridine rings is 2. The largest absolute Gasteiger partial charge is 1.00 e. The molecular weight excluding hydrogens is 646 g/mol. The number of aromatic nitrogens is 4. The Morgan fingerprint density at radius 2 is 1.76 bits per heavy atom. The molecule has 4 aromatic rings. The van der Waals surface area contributed by atoms with E-state index in [1.54, 1.807) is 13.2 Å². The van der Waals surface area contributed by atoms with Gasteiger partial charge in [-0.05, 0) is 55.7 Å². The SMILES string of the molecule is COCC(C)(C)CN(C)c1cc(-c2cnc(C3CC3)c(C(F)(F)F)c2)nc2nc(-c3ccc(N4CCN(CCC(=O)[O-])CC4)cc3)[nH]c12.[Na+]. The topological polar surface area (TPSA) is 114 Å². The van der Waals surface area contributed by atoms with Gasteiger partial charge in [0.2, 0.25) is 0 Å². The van der Waals surface area contributed by atoms with Crippen molar-refractivity contribution in [1.29, 1.82) is 0 Å². The number of carbonyl (C=O) groups excluding carboxylic acids is 1. The van der Waals surface area contributed by atoms with Gasteiger partial charge in [0.1, 0.15) is 11.3 Å². The van der Waals surface area contributed by atoms with E-state index in [0.29, 0.717) is 55.2 Å². The molecule has 2 aliphatic rings. The number of nitrogens with zero attached hydrogens (tertiary/aromatic N) is 6. The van der Waals surface area contributed by atoms with Crippen molar-refractivity contribution in [2.24, 2.45) is 5.41 Å². The Balaban J connectivity index is 0.00000468. The van der Waals surface area contributed by atoms with E-state index in [1.807, 2.05) is 31.3 Å². The third-order valence-corrected chi connectivity index (χ3v) is 9.05. The zero-order chi connectivity index (χ0) is 34.2. The van der Waals surface area contributed by atoms with Crippen LogP contribution in [-0.4, -0.2) is 90.8 Å². The minimum absolute atomic E-state index is 0. The summed E-state index contributed by atoms with van der Waals surface area (Å²) in [4.78, 5) is 34.6.